The predicted molar refractivity (Wildman–Crippen MR) is 67.5 cm³/mol. The van der Waals surface area contributed by atoms with E-state index in [1.165, 1.54) is 32.1 Å². The van der Waals surface area contributed by atoms with Crippen molar-refractivity contribution in [1.82, 2.24) is 4.31 Å². The molecule has 0 bridgehead atoms. The van der Waals surface area contributed by atoms with Crippen molar-refractivity contribution in [1.29, 1.82) is 0 Å². The Hall–Kier alpha value is -0.670. The van der Waals surface area contributed by atoms with E-state index in [1.54, 1.807) is 0 Å². The van der Waals surface area contributed by atoms with E-state index in [0.717, 1.165) is 4.90 Å². The van der Waals surface area contributed by atoms with Crippen LogP contribution in [0.3, 0.4) is 0 Å². The fourth-order valence-electron chi connectivity index (χ4n) is 2.28. The fraction of sp³-hybridized carbons (Fsp3) is 0.538. The summed E-state index contributed by atoms with van der Waals surface area (Å²) < 4.78 is 14.3. The molecule has 88 valence electrons. The molecule has 0 spiro atoms. The van der Waals surface area contributed by atoms with Crippen LogP contribution in [0.2, 0.25) is 0 Å². The number of nitrogens with zero attached hydrogens (tertiary/aromatic N) is 1. The maximum absolute atomic E-state index is 12.3. The molecule has 0 saturated heterocycles. The third kappa shape index (κ3) is 2.71. The molecule has 1 aliphatic rings. The SMILES string of the molecule is CN(C1CCCCC1)S(=O)c1ccccc1. The molecule has 0 aromatic heterocycles. The van der Waals surface area contributed by atoms with Gasteiger partial charge < -0.3 is 0 Å². The van der Waals surface area contributed by atoms with E-state index in [9.17, 15) is 4.21 Å². The third-order valence-electron chi connectivity index (χ3n) is 3.30. The van der Waals surface area contributed by atoms with Crippen molar-refractivity contribution in [2.75, 3.05) is 7.05 Å². The van der Waals surface area contributed by atoms with Crippen molar-refractivity contribution < 1.29 is 4.21 Å². The first-order chi connectivity index (χ1) is 7.79. The molecule has 1 unspecified atom stereocenters. The average Bonchev–Trinajstić information content (AvgIpc) is 2.39. The van der Waals surface area contributed by atoms with Gasteiger partial charge in [-0.25, -0.2) is 8.51 Å². The molecule has 2 nitrogen and oxygen atoms in total. The van der Waals surface area contributed by atoms with Crippen LogP contribution in [0.25, 0.3) is 0 Å². The molecule has 3 heteroatoms. The highest BCUT2D eigenvalue weighted by Crippen LogP contribution is 2.24. The topological polar surface area (TPSA) is 20.3 Å². The summed E-state index contributed by atoms with van der Waals surface area (Å²) in [6.07, 6.45) is 6.27. The van der Waals surface area contributed by atoms with Gasteiger partial charge in [-0.2, -0.15) is 0 Å². The summed E-state index contributed by atoms with van der Waals surface area (Å²) in [6, 6.07) is 10.2. The van der Waals surface area contributed by atoms with Gasteiger partial charge >= 0.3 is 0 Å². The molecular weight excluding hydrogens is 218 g/mol. The Bertz CT molecular complexity index is 346. The van der Waals surface area contributed by atoms with Gasteiger partial charge in [-0.3, -0.25) is 0 Å². The Kier molecular flexibility index (Phi) is 4.13. The molecule has 16 heavy (non-hydrogen) atoms. The van der Waals surface area contributed by atoms with Crippen LogP contribution in [0.15, 0.2) is 35.2 Å². The van der Waals surface area contributed by atoms with Gasteiger partial charge in [0.2, 0.25) is 0 Å². The number of hydrogen-bond acceptors (Lipinski definition) is 1. The lowest BCUT2D eigenvalue weighted by Crippen LogP contribution is -2.34. The molecule has 1 atom stereocenters. The Morgan fingerprint density at radius 2 is 1.75 bits per heavy atom. The quantitative estimate of drug-likeness (QED) is 0.791. The second-order valence-corrected chi connectivity index (χ2v) is 5.95. The van der Waals surface area contributed by atoms with Crippen LogP contribution >= 0.6 is 0 Å². The van der Waals surface area contributed by atoms with Crippen LogP contribution < -0.4 is 0 Å². The van der Waals surface area contributed by atoms with Crippen molar-refractivity contribution in [2.45, 2.75) is 43.0 Å². The summed E-state index contributed by atoms with van der Waals surface area (Å²) in [4.78, 5) is 0.913. The minimum Gasteiger partial charge on any atom is -0.237 e. The van der Waals surface area contributed by atoms with Crippen molar-refractivity contribution in [2.24, 2.45) is 0 Å². The second kappa shape index (κ2) is 5.60. The van der Waals surface area contributed by atoms with E-state index in [2.05, 4.69) is 0 Å². The van der Waals surface area contributed by atoms with Crippen LogP contribution in [0.1, 0.15) is 32.1 Å². The average molecular weight is 237 g/mol. The summed E-state index contributed by atoms with van der Waals surface area (Å²) in [5, 5.41) is 0. The van der Waals surface area contributed by atoms with Gasteiger partial charge in [-0.15, -0.1) is 0 Å². The van der Waals surface area contributed by atoms with E-state index in [0.29, 0.717) is 6.04 Å². The highest BCUT2D eigenvalue weighted by molar-refractivity contribution is 7.82. The summed E-state index contributed by atoms with van der Waals surface area (Å²) in [5.41, 5.74) is 0. The van der Waals surface area contributed by atoms with Crippen LogP contribution in [-0.2, 0) is 11.0 Å². The second-order valence-electron chi connectivity index (χ2n) is 4.40. The van der Waals surface area contributed by atoms with E-state index >= 15 is 0 Å². The highest BCUT2D eigenvalue weighted by atomic mass is 32.2. The molecular formula is C13H19NOS. The summed E-state index contributed by atoms with van der Waals surface area (Å²) in [7, 11) is 0.993. The minimum atomic E-state index is -0.992. The van der Waals surface area contributed by atoms with Crippen LogP contribution in [-0.4, -0.2) is 21.6 Å². The molecule has 1 aliphatic carbocycles. The van der Waals surface area contributed by atoms with Gasteiger partial charge in [0.1, 0.15) is 11.0 Å². The third-order valence-corrected chi connectivity index (χ3v) is 4.79. The molecule has 0 heterocycles. The standard InChI is InChI=1S/C13H19NOS/c1-14(12-8-4-2-5-9-12)16(15)13-10-6-3-7-11-13/h3,6-7,10-12H,2,4-5,8-9H2,1H3. The molecule has 1 aromatic carbocycles. The van der Waals surface area contributed by atoms with Crippen LogP contribution in [0.4, 0.5) is 0 Å². The lowest BCUT2D eigenvalue weighted by atomic mass is 9.96. The van der Waals surface area contributed by atoms with Gasteiger partial charge in [-0.1, -0.05) is 37.5 Å². The molecule has 1 aromatic rings. The van der Waals surface area contributed by atoms with Crippen molar-refractivity contribution in [3.05, 3.63) is 30.3 Å². The fourth-order valence-corrected chi connectivity index (χ4v) is 3.49. The Balaban J connectivity index is 2.04. The Morgan fingerprint density at radius 1 is 1.12 bits per heavy atom. The van der Waals surface area contributed by atoms with Gasteiger partial charge in [0.15, 0.2) is 0 Å². The maximum atomic E-state index is 12.3. The largest absolute Gasteiger partial charge is 0.237 e. The number of rotatable bonds is 3. The van der Waals surface area contributed by atoms with E-state index in [-0.39, 0.29) is 0 Å². The van der Waals surface area contributed by atoms with Crippen LogP contribution in [0, 0.1) is 0 Å². The Morgan fingerprint density at radius 3 is 2.38 bits per heavy atom. The molecule has 0 N–H and O–H groups in total. The molecule has 1 fully saturated rings. The Labute approximate surface area is 100 Å². The summed E-state index contributed by atoms with van der Waals surface area (Å²) in [5.74, 6) is 0. The smallest absolute Gasteiger partial charge is 0.127 e. The molecule has 1 saturated carbocycles. The lowest BCUT2D eigenvalue weighted by Gasteiger charge is -2.29. The number of benzene rings is 1. The van der Waals surface area contributed by atoms with Gasteiger partial charge in [-0.05, 0) is 25.0 Å². The van der Waals surface area contributed by atoms with Gasteiger partial charge in [0.25, 0.3) is 0 Å². The normalized spacial score (nSPS) is 19.9. The minimum absolute atomic E-state index is 0.495. The van der Waals surface area contributed by atoms with E-state index < -0.39 is 11.0 Å². The summed E-state index contributed by atoms with van der Waals surface area (Å²) in [6.45, 7) is 0. The first kappa shape index (κ1) is 11.8. The number of hydrogen-bond donors (Lipinski definition) is 0. The van der Waals surface area contributed by atoms with Crippen molar-refractivity contribution in [3.8, 4) is 0 Å². The van der Waals surface area contributed by atoms with E-state index in [4.69, 9.17) is 0 Å². The van der Waals surface area contributed by atoms with Gasteiger partial charge in [0.05, 0.1) is 4.90 Å². The van der Waals surface area contributed by atoms with E-state index in [1.807, 2.05) is 41.7 Å². The zero-order valence-electron chi connectivity index (χ0n) is 9.76. The summed E-state index contributed by atoms with van der Waals surface area (Å²) >= 11 is 0. The molecule has 0 radical (unpaired) electrons. The maximum Gasteiger partial charge on any atom is 0.127 e. The zero-order valence-corrected chi connectivity index (χ0v) is 10.6. The monoisotopic (exact) mass is 237 g/mol. The van der Waals surface area contributed by atoms with Gasteiger partial charge in [0, 0.05) is 13.1 Å². The van der Waals surface area contributed by atoms with Crippen molar-refractivity contribution in [3.63, 3.8) is 0 Å². The first-order valence-electron chi connectivity index (χ1n) is 5.99. The lowest BCUT2D eigenvalue weighted by molar-refractivity contribution is 0.296. The zero-order chi connectivity index (χ0) is 11.4. The van der Waals surface area contributed by atoms with Crippen molar-refractivity contribution >= 4 is 11.0 Å². The molecule has 2 rings (SSSR count). The van der Waals surface area contributed by atoms with Crippen LogP contribution in [0.5, 0.6) is 0 Å². The molecule has 0 amide bonds. The first-order valence-corrected chi connectivity index (χ1v) is 7.09. The predicted octanol–water partition coefficient (Wildman–Crippen LogP) is 2.97. The molecule has 0 aliphatic heterocycles. The highest BCUT2D eigenvalue weighted by Gasteiger charge is 2.22.